The Balaban J connectivity index is 3.48. The fourth-order valence-electron chi connectivity index (χ4n) is 1.56. The Bertz CT molecular complexity index is 385. The summed E-state index contributed by atoms with van der Waals surface area (Å²) in [5.74, 6) is 0. The van der Waals surface area contributed by atoms with Gasteiger partial charge in [-0.2, -0.15) is 0 Å². The van der Waals surface area contributed by atoms with Crippen LogP contribution in [0.3, 0.4) is 0 Å². The predicted octanol–water partition coefficient (Wildman–Crippen LogP) is 1.75. The van der Waals surface area contributed by atoms with E-state index in [1.807, 2.05) is 13.0 Å². The largest absolute Gasteiger partial charge is 0.399 e. The van der Waals surface area contributed by atoms with Crippen LogP contribution in [0.2, 0.25) is 0 Å². The van der Waals surface area contributed by atoms with Crippen LogP contribution in [-0.2, 0) is 12.0 Å². The van der Waals surface area contributed by atoms with E-state index >= 15 is 0 Å². The van der Waals surface area contributed by atoms with Gasteiger partial charge in [0.1, 0.15) is 0 Å². The molecule has 78 valence electrons. The lowest BCUT2D eigenvalue weighted by Gasteiger charge is -2.23. The highest BCUT2D eigenvalue weighted by Gasteiger charge is 2.18. The van der Waals surface area contributed by atoms with Gasteiger partial charge in [-0.15, -0.1) is 0 Å². The second-order valence-corrected chi connectivity index (χ2v) is 4.51. The molecule has 3 nitrogen and oxygen atoms in total. The summed E-state index contributed by atoms with van der Waals surface area (Å²) in [4.78, 5) is 11.6. The van der Waals surface area contributed by atoms with Crippen molar-refractivity contribution in [2.45, 2.75) is 39.7 Å². The number of hydrogen-bond donors (Lipinski definition) is 1. The van der Waals surface area contributed by atoms with Crippen molar-refractivity contribution in [3.8, 4) is 0 Å². The van der Waals surface area contributed by atoms with Crippen LogP contribution in [0.4, 0.5) is 5.69 Å². The molecule has 0 aliphatic heterocycles. The topological polar surface area (TPSA) is 48.0 Å². The van der Waals surface area contributed by atoms with Crippen LogP contribution in [0.25, 0.3) is 0 Å². The molecule has 0 unspecified atom stereocenters. The van der Waals surface area contributed by atoms with Gasteiger partial charge in [-0.25, -0.2) is 0 Å². The molecule has 1 heterocycles. The molecule has 0 spiro atoms. The van der Waals surface area contributed by atoms with Crippen LogP contribution in [0.5, 0.6) is 0 Å². The molecule has 14 heavy (non-hydrogen) atoms. The summed E-state index contributed by atoms with van der Waals surface area (Å²) in [6.07, 6.45) is 0. The maximum absolute atomic E-state index is 11.6. The monoisotopic (exact) mass is 194 g/mol. The van der Waals surface area contributed by atoms with E-state index in [0.717, 1.165) is 5.69 Å². The summed E-state index contributed by atoms with van der Waals surface area (Å²) < 4.78 is 1.76. The molecule has 0 radical (unpaired) electrons. The van der Waals surface area contributed by atoms with Gasteiger partial charge in [-0.05, 0) is 13.0 Å². The third-order valence-corrected chi connectivity index (χ3v) is 2.24. The van der Waals surface area contributed by atoms with Crippen molar-refractivity contribution in [1.29, 1.82) is 0 Å². The van der Waals surface area contributed by atoms with Crippen molar-refractivity contribution in [2.24, 2.45) is 0 Å². The first-order valence-corrected chi connectivity index (χ1v) is 4.87. The number of pyridine rings is 1. The van der Waals surface area contributed by atoms with E-state index in [9.17, 15) is 4.79 Å². The van der Waals surface area contributed by atoms with E-state index < -0.39 is 0 Å². The summed E-state index contributed by atoms with van der Waals surface area (Å²) in [6.45, 7) is 8.88. The number of hydrogen-bond acceptors (Lipinski definition) is 2. The zero-order chi connectivity index (χ0) is 10.9. The summed E-state index contributed by atoms with van der Waals surface area (Å²) in [5, 5.41) is 0. The fourth-order valence-corrected chi connectivity index (χ4v) is 1.56. The van der Waals surface area contributed by atoms with Gasteiger partial charge in [0.25, 0.3) is 5.56 Å². The Hall–Kier alpha value is -1.25. The van der Waals surface area contributed by atoms with Gasteiger partial charge in [0.05, 0.1) is 0 Å². The van der Waals surface area contributed by atoms with E-state index in [0.29, 0.717) is 12.2 Å². The first-order valence-electron chi connectivity index (χ1n) is 4.87. The smallest absolute Gasteiger partial charge is 0.252 e. The van der Waals surface area contributed by atoms with Crippen molar-refractivity contribution < 1.29 is 0 Å². The molecular formula is C11H18N2O. The van der Waals surface area contributed by atoms with Gasteiger partial charge in [0, 0.05) is 29.4 Å². The lowest BCUT2D eigenvalue weighted by atomic mass is 9.91. The molecule has 0 aromatic carbocycles. The van der Waals surface area contributed by atoms with Gasteiger partial charge in [0.2, 0.25) is 0 Å². The minimum atomic E-state index is -0.0510. The van der Waals surface area contributed by atoms with Crippen LogP contribution in [0, 0.1) is 0 Å². The third kappa shape index (κ3) is 1.97. The van der Waals surface area contributed by atoms with E-state index in [-0.39, 0.29) is 11.0 Å². The SMILES string of the molecule is CCn1c(C(C)(C)C)cc(N)cc1=O. The Morgan fingerprint density at radius 2 is 1.93 bits per heavy atom. The highest BCUT2D eigenvalue weighted by Crippen LogP contribution is 2.22. The van der Waals surface area contributed by atoms with Crippen molar-refractivity contribution in [2.75, 3.05) is 5.73 Å². The molecule has 0 aliphatic carbocycles. The molecule has 1 aromatic heterocycles. The number of nitrogens with zero attached hydrogens (tertiary/aromatic N) is 1. The normalized spacial score (nSPS) is 11.7. The highest BCUT2D eigenvalue weighted by atomic mass is 16.1. The molecule has 0 fully saturated rings. The molecule has 0 aliphatic rings. The van der Waals surface area contributed by atoms with Crippen LogP contribution in [0.1, 0.15) is 33.4 Å². The van der Waals surface area contributed by atoms with Gasteiger partial charge in [-0.3, -0.25) is 4.79 Å². The molecule has 0 atom stereocenters. The quantitative estimate of drug-likeness (QED) is 0.740. The summed E-state index contributed by atoms with van der Waals surface area (Å²) in [6, 6.07) is 3.35. The maximum atomic E-state index is 11.6. The zero-order valence-electron chi connectivity index (χ0n) is 9.29. The van der Waals surface area contributed by atoms with Crippen molar-refractivity contribution >= 4 is 5.69 Å². The lowest BCUT2D eigenvalue weighted by molar-refractivity contribution is 0.511. The van der Waals surface area contributed by atoms with E-state index in [1.165, 1.54) is 6.07 Å². The van der Waals surface area contributed by atoms with Crippen LogP contribution >= 0.6 is 0 Å². The van der Waals surface area contributed by atoms with Crippen LogP contribution < -0.4 is 11.3 Å². The first-order chi connectivity index (χ1) is 6.36. The first kappa shape index (κ1) is 10.8. The average molecular weight is 194 g/mol. The van der Waals surface area contributed by atoms with Gasteiger partial charge < -0.3 is 10.3 Å². The van der Waals surface area contributed by atoms with E-state index in [4.69, 9.17) is 5.73 Å². The van der Waals surface area contributed by atoms with E-state index in [2.05, 4.69) is 20.8 Å². The molecule has 3 heteroatoms. The van der Waals surface area contributed by atoms with Gasteiger partial charge in [-0.1, -0.05) is 20.8 Å². The lowest BCUT2D eigenvalue weighted by Crippen LogP contribution is -2.29. The number of aromatic nitrogens is 1. The Morgan fingerprint density at radius 3 is 2.36 bits per heavy atom. The second kappa shape index (κ2) is 3.48. The van der Waals surface area contributed by atoms with E-state index in [1.54, 1.807) is 4.57 Å². The highest BCUT2D eigenvalue weighted by molar-refractivity contribution is 5.39. The van der Waals surface area contributed by atoms with Crippen LogP contribution in [-0.4, -0.2) is 4.57 Å². The molecule has 1 rings (SSSR count). The molecule has 1 aromatic rings. The van der Waals surface area contributed by atoms with Crippen molar-refractivity contribution in [1.82, 2.24) is 4.57 Å². The number of rotatable bonds is 1. The third-order valence-electron chi connectivity index (χ3n) is 2.24. The predicted molar refractivity (Wildman–Crippen MR) is 59.5 cm³/mol. The summed E-state index contributed by atoms with van der Waals surface area (Å²) >= 11 is 0. The maximum Gasteiger partial charge on any atom is 0.252 e. The zero-order valence-corrected chi connectivity index (χ0v) is 9.29. The standard InChI is InChI=1S/C11H18N2O/c1-5-13-9(11(2,3)4)6-8(12)7-10(13)14/h6-7H,5,12H2,1-4H3. The molecular weight excluding hydrogens is 176 g/mol. The fraction of sp³-hybridized carbons (Fsp3) is 0.545. The van der Waals surface area contributed by atoms with Gasteiger partial charge in [0.15, 0.2) is 0 Å². The Kier molecular flexibility index (Phi) is 2.69. The summed E-state index contributed by atoms with van der Waals surface area (Å²) in [7, 11) is 0. The average Bonchev–Trinajstić information content (AvgIpc) is 2.01. The molecule has 0 saturated carbocycles. The minimum Gasteiger partial charge on any atom is -0.399 e. The number of nitrogen functional groups attached to an aromatic ring is 1. The minimum absolute atomic E-state index is 0.0163. The number of nitrogens with two attached hydrogens (primary N) is 1. The van der Waals surface area contributed by atoms with Crippen molar-refractivity contribution in [3.05, 3.63) is 28.2 Å². The molecule has 0 amide bonds. The molecule has 0 bridgehead atoms. The molecule has 0 saturated heterocycles. The van der Waals surface area contributed by atoms with Crippen LogP contribution in [0.15, 0.2) is 16.9 Å². The van der Waals surface area contributed by atoms with Gasteiger partial charge >= 0.3 is 0 Å². The van der Waals surface area contributed by atoms with Crippen molar-refractivity contribution in [3.63, 3.8) is 0 Å². The Morgan fingerprint density at radius 1 is 1.36 bits per heavy atom. The summed E-state index contributed by atoms with van der Waals surface area (Å²) in [5.41, 5.74) is 7.14. The number of anilines is 1. The Labute approximate surface area is 84.6 Å². The molecule has 2 N–H and O–H groups in total. The second-order valence-electron chi connectivity index (χ2n) is 4.51.